The fraction of sp³-hybridized carbons (Fsp3) is 0.562. The number of nitriles is 1. The van der Waals surface area contributed by atoms with E-state index in [1.807, 2.05) is 13.0 Å². The lowest BCUT2D eigenvalue weighted by Crippen LogP contribution is -2.51. The number of aromatic nitrogens is 1. The molecule has 1 aromatic rings. The molecule has 2 rings (SSSR count). The number of nitrogens with two attached hydrogens (primary N) is 1. The van der Waals surface area contributed by atoms with E-state index in [-0.39, 0.29) is 24.2 Å². The zero-order valence-corrected chi connectivity index (χ0v) is 13.5. The highest BCUT2D eigenvalue weighted by Crippen LogP contribution is 2.24. The van der Waals surface area contributed by atoms with Gasteiger partial charge in [-0.2, -0.15) is 5.26 Å². The van der Waals surface area contributed by atoms with E-state index in [0.717, 1.165) is 12.2 Å². The summed E-state index contributed by atoms with van der Waals surface area (Å²) in [4.78, 5) is 17.7. The second kappa shape index (κ2) is 7.90. The molecule has 0 aromatic carbocycles. The summed E-state index contributed by atoms with van der Waals surface area (Å²) in [7, 11) is 0. The summed E-state index contributed by atoms with van der Waals surface area (Å²) in [6.07, 6.45) is 2.84. The van der Waals surface area contributed by atoms with Crippen molar-refractivity contribution in [3.8, 4) is 6.07 Å². The minimum atomic E-state index is -0.202. The molecule has 2 heterocycles. The first kappa shape index (κ1) is 17.2. The Balaban J connectivity index is 2.11. The number of piperidine rings is 1. The molecule has 7 heteroatoms. The van der Waals surface area contributed by atoms with Gasteiger partial charge in [0.05, 0.1) is 12.2 Å². The lowest BCUT2D eigenvalue weighted by atomic mass is 10.0. The highest BCUT2D eigenvalue weighted by molar-refractivity contribution is 5.73. The lowest BCUT2D eigenvalue weighted by Gasteiger charge is -2.40. The Hall–Kier alpha value is -2.17. The molecule has 3 atom stereocenters. The summed E-state index contributed by atoms with van der Waals surface area (Å²) < 4.78 is 5.92. The van der Waals surface area contributed by atoms with Crippen LogP contribution >= 0.6 is 0 Å². The molecule has 0 radical (unpaired) electrons. The van der Waals surface area contributed by atoms with Crippen LogP contribution in [-0.4, -0.2) is 42.4 Å². The quantitative estimate of drug-likeness (QED) is 0.830. The molecule has 1 aliphatic heterocycles. The number of ether oxygens (including phenoxy) is 1. The third-order valence-corrected chi connectivity index (χ3v) is 3.68. The number of hydrogen-bond donors (Lipinski definition) is 2. The van der Waals surface area contributed by atoms with E-state index in [2.05, 4.69) is 21.3 Å². The van der Waals surface area contributed by atoms with E-state index in [0.29, 0.717) is 25.1 Å². The Morgan fingerprint density at radius 1 is 1.65 bits per heavy atom. The largest absolute Gasteiger partial charge is 0.357 e. The van der Waals surface area contributed by atoms with Gasteiger partial charge in [0.25, 0.3) is 0 Å². The van der Waals surface area contributed by atoms with E-state index >= 15 is 0 Å². The molecule has 0 saturated carbocycles. The second-order valence-corrected chi connectivity index (χ2v) is 5.90. The molecule has 1 aliphatic rings. The Morgan fingerprint density at radius 3 is 3.00 bits per heavy atom. The molecule has 0 aliphatic carbocycles. The molecule has 1 aromatic heterocycles. The molecule has 124 valence electrons. The number of carbonyl (C=O) groups is 1. The van der Waals surface area contributed by atoms with Gasteiger partial charge in [0.1, 0.15) is 18.1 Å². The minimum absolute atomic E-state index is 0.0362. The van der Waals surface area contributed by atoms with Crippen LogP contribution in [-0.2, 0) is 9.53 Å². The highest BCUT2D eigenvalue weighted by Gasteiger charge is 2.30. The molecule has 0 bridgehead atoms. The van der Waals surface area contributed by atoms with Crippen LogP contribution in [0.15, 0.2) is 18.3 Å². The lowest BCUT2D eigenvalue weighted by molar-refractivity contribution is -0.120. The zero-order valence-electron chi connectivity index (χ0n) is 13.5. The topological polar surface area (TPSA) is 104 Å². The van der Waals surface area contributed by atoms with Crippen molar-refractivity contribution < 1.29 is 9.53 Å². The van der Waals surface area contributed by atoms with Gasteiger partial charge >= 0.3 is 0 Å². The standard InChI is InChI=1S/C16H23N5O2/c1-11(18)10-23-16-7-14(20-12(2)22)5-6-21(16)15-4-3-13(8-17)9-19-15/h3-4,9,11,14,16H,5-7,10,18H2,1-2H3,(H,20,22). The Bertz CT molecular complexity index is 567. The van der Waals surface area contributed by atoms with Gasteiger partial charge in [0.15, 0.2) is 0 Å². The van der Waals surface area contributed by atoms with Crippen LogP contribution in [0.2, 0.25) is 0 Å². The third-order valence-electron chi connectivity index (χ3n) is 3.68. The normalized spacial score (nSPS) is 22.3. The van der Waals surface area contributed by atoms with Gasteiger partial charge < -0.3 is 20.7 Å². The molecule has 7 nitrogen and oxygen atoms in total. The number of anilines is 1. The summed E-state index contributed by atoms with van der Waals surface area (Å²) in [5, 5.41) is 11.8. The van der Waals surface area contributed by atoms with Crippen molar-refractivity contribution in [2.45, 2.75) is 45.0 Å². The van der Waals surface area contributed by atoms with E-state index in [9.17, 15) is 4.79 Å². The van der Waals surface area contributed by atoms with Crippen molar-refractivity contribution in [3.63, 3.8) is 0 Å². The van der Waals surface area contributed by atoms with Gasteiger partial charge in [-0.05, 0) is 25.5 Å². The first-order valence-electron chi connectivity index (χ1n) is 7.76. The van der Waals surface area contributed by atoms with Gasteiger partial charge in [0, 0.05) is 38.2 Å². The summed E-state index contributed by atoms with van der Waals surface area (Å²) in [5.74, 6) is 0.728. The van der Waals surface area contributed by atoms with E-state index < -0.39 is 0 Å². The average molecular weight is 317 g/mol. The number of rotatable bonds is 5. The van der Waals surface area contributed by atoms with E-state index in [4.69, 9.17) is 15.7 Å². The number of hydrogen-bond acceptors (Lipinski definition) is 6. The molecule has 3 N–H and O–H groups in total. The number of nitrogens with one attached hydrogen (secondary N) is 1. The fourth-order valence-electron chi connectivity index (χ4n) is 2.65. The fourth-order valence-corrected chi connectivity index (χ4v) is 2.65. The maximum Gasteiger partial charge on any atom is 0.217 e. The Kier molecular flexibility index (Phi) is 5.90. The van der Waals surface area contributed by atoms with Crippen molar-refractivity contribution in [2.75, 3.05) is 18.1 Å². The maximum absolute atomic E-state index is 11.3. The summed E-state index contributed by atoms with van der Waals surface area (Å²) in [6, 6.07) is 5.64. The van der Waals surface area contributed by atoms with Crippen LogP contribution in [0.5, 0.6) is 0 Å². The Morgan fingerprint density at radius 2 is 2.43 bits per heavy atom. The number of carbonyl (C=O) groups excluding carboxylic acids is 1. The smallest absolute Gasteiger partial charge is 0.217 e. The molecule has 23 heavy (non-hydrogen) atoms. The zero-order chi connectivity index (χ0) is 16.8. The minimum Gasteiger partial charge on any atom is -0.357 e. The maximum atomic E-state index is 11.3. The van der Waals surface area contributed by atoms with Crippen LogP contribution in [0.25, 0.3) is 0 Å². The molecule has 0 spiro atoms. The van der Waals surface area contributed by atoms with Crippen molar-refractivity contribution in [1.82, 2.24) is 10.3 Å². The first-order chi connectivity index (χ1) is 11.0. The Labute approximate surface area is 136 Å². The first-order valence-corrected chi connectivity index (χ1v) is 7.76. The van der Waals surface area contributed by atoms with E-state index in [1.54, 1.807) is 12.3 Å². The predicted molar refractivity (Wildman–Crippen MR) is 86.5 cm³/mol. The third kappa shape index (κ3) is 4.91. The average Bonchev–Trinajstić information content (AvgIpc) is 2.52. The second-order valence-electron chi connectivity index (χ2n) is 5.90. The van der Waals surface area contributed by atoms with Gasteiger partial charge in [-0.1, -0.05) is 0 Å². The van der Waals surface area contributed by atoms with Gasteiger partial charge in [0.2, 0.25) is 5.91 Å². The molecular formula is C16H23N5O2. The molecule has 1 saturated heterocycles. The monoisotopic (exact) mass is 317 g/mol. The van der Waals surface area contributed by atoms with Crippen LogP contribution in [0.3, 0.4) is 0 Å². The molecule has 1 amide bonds. The predicted octanol–water partition coefficient (Wildman–Crippen LogP) is 0.748. The molecule has 3 unspecified atom stereocenters. The highest BCUT2D eigenvalue weighted by atomic mass is 16.5. The number of amides is 1. The summed E-state index contributed by atoms with van der Waals surface area (Å²) in [5.41, 5.74) is 6.31. The molecular weight excluding hydrogens is 294 g/mol. The van der Waals surface area contributed by atoms with Crippen molar-refractivity contribution >= 4 is 11.7 Å². The van der Waals surface area contributed by atoms with Gasteiger partial charge in [-0.15, -0.1) is 0 Å². The van der Waals surface area contributed by atoms with Crippen LogP contribution in [0.4, 0.5) is 5.82 Å². The van der Waals surface area contributed by atoms with Crippen LogP contribution < -0.4 is 16.0 Å². The van der Waals surface area contributed by atoms with Crippen molar-refractivity contribution in [2.24, 2.45) is 5.73 Å². The molecule has 1 fully saturated rings. The van der Waals surface area contributed by atoms with Crippen LogP contribution in [0, 0.1) is 11.3 Å². The van der Waals surface area contributed by atoms with Crippen molar-refractivity contribution in [3.05, 3.63) is 23.9 Å². The van der Waals surface area contributed by atoms with Gasteiger partial charge in [-0.25, -0.2) is 4.98 Å². The van der Waals surface area contributed by atoms with Crippen LogP contribution in [0.1, 0.15) is 32.3 Å². The van der Waals surface area contributed by atoms with E-state index in [1.165, 1.54) is 6.92 Å². The SMILES string of the molecule is CC(=O)NC1CCN(c2ccc(C#N)cn2)C(OCC(C)N)C1. The number of nitrogens with zero attached hydrogens (tertiary/aromatic N) is 3. The van der Waals surface area contributed by atoms with Gasteiger partial charge in [-0.3, -0.25) is 4.79 Å². The summed E-state index contributed by atoms with van der Waals surface area (Å²) in [6.45, 7) is 4.56. The van der Waals surface area contributed by atoms with Crippen molar-refractivity contribution in [1.29, 1.82) is 5.26 Å². The number of pyridine rings is 1. The summed E-state index contributed by atoms with van der Waals surface area (Å²) >= 11 is 0.